The van der Waals surface area contributed by atoms with E-state index in [1.807, 2.05) is 18.7 Å². The van der Waals surface area contributed by atoms with Crippen LogP contribution in [0.3, 0.4) is 0 Å². The first-order chi connectivity index (χ1) is 9.48. The van der Waals surface area contributed by atoms with Gasteiger partial charge in [0.25, 0.3) is 0 Å². The molecule has 20 heavy (non-hydrogen) atoms. The first kappa shape index (κ1) is 15.3. The Morgan fingerprint density at radius 3 is 2.60 bits per heavy atom. The fourth-order valence-electron chi connectivity index (χ4n) is 3.33. The summed E-state index contributed by atoms with van der Waals surface area (Å²) in [6.07, 6.45) is 5.06. The molecule has 0 aromatic carbocycles. The van der Waals surface area contributed by atoms with Crippen LogP contribution in [0.5, 0.6) is 0 Å². The lowest BCUT2D eigenvalue weighted by molar-refractivity contribution is -0.143. The van der Waals surface area contributed by atoms with Crippen LogP contribution < -0.4 is 5.32 Å². The number of hydrogen-bond acceptors (Lipinski definition) is 3. The lowest BCUT2D eigenvalue weighted by Crippen LogP contribution is -2.59. The van der Waals surface area contributed by atoms with Crippen molar-refractivity contribution in [2.45, 2.75) is 70.1 Å². The summed E-state index contributed by atoms with van der Waals surface area (Å²) in [5, 5.41) is 3.02. The minimum atomic E-state index is -0.659. The molecule has 2 fully saturated rings. The highest BCUT2D eigenvalue weighted by atomic mass is 16.5. The fraction of sp³-hybridized carbons (Fsp3) is 0.867. The smallest absolute Gasteiger partial charge is 0.248 e. The molecule has 1 saturated carbocycles. The van der Waals surface area contributed by atoms with Gasteiger partial charge in [0.2, 0.25) is 11.8 Å². The van der Waals surface area contributed by atoms with Gasteiger partial charge in [-0.15, -0.1) is 0 Å². The Morgan fingerprint density at radius 2 is 2.00 bits per heavy atom. The zero-order valence-electron chi connectivity index (χ0n) is 12.8. The summed E-state index contributed by atoms with van der Waals surface area (Å²) in [4.78, 5) is 26.9. The van der Waals surface area contributed by atoms with Crippen molar-refractivity contribution in [2.75, 3.05) is 13.7 Å². The number of nitrogens with one attached hydrogen (secondary N) is 1. The van der Waals surface area contributed by atoms with Gasteiger partial charge in [-0.3, -0.25) is 9.59 Å². The van der Waals surface area contributed by atoms with Gasteiger partial charge in [-0.1, -0.05) is 19.3 Å². The van der Waals surface area contributed by atoms with Crippen LogP contribution in [0, 0.1) is 0 Å². The van der Waals surface area contributed by atoms with Gasteiger partial charge < -0.3 is 15.0 Å². The van der Waals surface area contributed by atoms with Crippen LogP contribution in [-0.2, 0) is 14.3 Å². The van der Waals surface area contributed by atoms with Crippen LogP contribution in [0.4, 0.5) is 0 Å². The molecule has 1 aliphatic heterocycles. The molecule has 0 bridgehead atoms. The molecule has 5 nitrogen and oxygen atoms in total. The molecule has 1 aliphatic carbocycles. The summed E-state index contributed by atoms with van der Waals surface area (Å²) in [5.74, 6) is 0.0831. The molecule has 2 amide bonds. The zero-order valence-corrected chi connectivity index (χ0v) is 12.8. The van der Waals surface area contributed by atoms with E-state index in [-0.39, 0.29) is 24.0 Å². The first-order valence-corrected chi connectivity index (χ1v) is 7.63. The van der Waals surface area contributed by atoms with Crippen molar-refractivity contribution in [3.05, 3.63) is 0 Å². The van der Waals surface area contributed by atoms with E-state index in [0.29, 0.717) is 13.0 Å². The molecular formula is C15H26N2O3. The number of methoxy groups -OCH3 is 1. The quantitative estimate of drug-likeness (QED) is 0.852. The van der Waals surface area contributed by atoms with Crippen molar-refractivity contribution in [3.63, 3.8) is 0 Å². The SMILES string of the molecule is COC(C)CN1C(=O)C2(CCCCC2)NC(=O)CC1C. The van der Waals surface area contributed by atoms with E-state index in [1.165, 1.54) is 0 Å². The van der Waals surface area contributed by atoms with Gasteiger partial charge in [-0.05, 0) is 26.7 Å². The lowest BCUT2D eigenvalue weighted by atomic mass is 9.80. The highest BCUT2D eigenvalue weighted by Gasteiger charge is 2.46. The molecule has 2 atom stereocenters. The van der Waals surface area contributed by atoms with Crippen molar-refractivity contribution >= 4 is 11.8 Å². The van der Waals surface area contributed by atoms with Gasteiger partial charge in [0.15, 0.2) is 0 Å². The average Bonchev–Trinajstić information content (AvgIpc) is 2.50. The number of nitrogens with zero attached hydrogens (tertiary/aromatic N) is 1. The van der Waals surface area contributed by atoms with Crippen molar-refractivity contribution in [1.82, 2.24) is 10.2 Å². The van der Waals surface area contributed by atoms with E-state index in [0.717, 1.165) is 32.1 Å². The maximum absolute atomic E-state index is 13.0. The molecule has 1 spiro atoms. The van der Waals surface area contributed by atoms with Crippen LogP contribution in [0.15, 0.2) is 0 Å². The molecule has 1 saturated heterocycles. The van der Waals surface area contributed by atoms with Crippen LogP contribution in [0.25, 0.3) is 0 Å². The van der Waals surface area contributed by atoms with E-state index >= 15 is 0 Å². The Labute approximate surface area is 121 Å². The predicted molar refractivity (Wildman–Crippen MR) is 76.2 cm³/mol. The number of hydrogen-bond donors (Lipinski definition) is 1. The number of ether oxygens (including phenoxy) is 1. The van der Waals surface area contributed by atoms with Gasteiger partial charge in [-0.25, -0.2) is 0 Å². The largest absolute Gasteiger partial charge is 0.380 e. The van der Waals surface area contributed by atoms with E-state index in [4.69, 9.17) is 4.74 Å². The van der Waals surface area contributed by atoms with Crippen molar-refractivity contribution < 1.29 is 14.3 Å². The van der Waals surface area contributed by atoms with Crippen molar-refractivity contribution in [2.24, 2.45) is 0 Å². The van der Waals surface area contributed by atoms with E-state index in [1.54, 1.807) is 7.11 Å². The van der Waals surface area contributed by atoms with Crippen LogP contribution in [-0.4, -0.2) is 48.1 Å². The summed E-state index contributed by atoms with van der Waals surface area (Å²) in [6, 6.07) is -0.0681. The molecule has 1 heterocycles. The zero-order chi connectivity index (χ0) is 14.8. The fourth-order valence-corrected chi connectivity index (χ4v) is 3.33. The monoisotopic (exact) mass is 282 g/mol. The molecule has 5 heteroatoms. The molecule has 2 rings (SSSR count). The molecule has 0 aromatic rings. The Balaban J connectivity index is 2.25. The third-order valence-electron chi connectivity index (χ3n) is 4.63. The van der Waals surface area contributed by atoms with Crippen LogP contribution in [0.1, 0.15) is 52.4 Å². The summed E-state index contributed by atoms with van der Waals surface area (Å²) in [6.45, 7) is 4.45. The molecular weight excluding hydrogens is 256 g/mol. The minimum Gasteiger partial charge on any atom is -0.380 e. The van der Waals surface area contributed by atoms with E-state index < -0.39 is 5.54 Å². The Morgan fingerprint density at radius 1 is 1.35 bits per heavy atom. The third-order valence-corrected chi connectivity index (χ3v) is 4.63. The molecule has 0 aromatic heterocycles. The highest BCUT2D eigenvalue weighted by Crippen LogP contribution is 2.32. The molecule has 0 radical (unpaired) electrons. The van der Waals surface area contributed by atoms with Gasteiger partial charge >= 0.3 is 0 Å². The normalized spacial score (nSPS) is 28.1. The number of amides is 2. The van der Waals surface area contributed by atoms with Gasteiger partial charge in [-0.2, -0.15) is 0 Å². The van der Waals surface area contributed by atoms with Gasteiger partial charge in [0.1, 0.15) is 5.54 Å². The standard InChI is InChI=1S/C15H26N2O3/c1-11-9-13(18)16-15(7-5-4-6-8-15)14(19)17(11)10-12(2)20-3/h11-12H,4-10H2,1-3H3,(H,16,18). The Hall–Kier alpha value is -1.10. The summed E-state index contributed by atoms with van der Waals surface area (Å²) < 4.78 is 5.29. The molecule has 2 aliphatic rings. The lowest BCUT2D eigenvalue weighted by Gasteiger charge is -2.39. The second kappa shape index (κ2) is 6.12. The number of carbonyl (C=O) groups excluding carboxylic acids is 2. The average molecular weight is 282 g/mol. The Bertz CT molecular complexity index is 377. The number of carbonyl (C=O) groups is 2. The maximum atomic E-state index is 13.0. The van der Waals surface area contributed by atoms with Crippen LogP contribution >= 0.6 is 0 Å². The summed E-state index contributed by atoms with van der Waals surface area (Å²) >= 11 is 0. The van der Waals surface area contributed by atoms with E-state index in [2.05, 4.69) is 5.32 Å². The van der Waals surface area contributed by atoms with E-state index in [9.17, 15) is 9.59 Å². The highest BCUT2D eigenvalue weighted by molar-refractivity contribution is 5.94. The molecule has 2 unspecified atom stereocenters. The second-order valence-electron chi connectivity index (χ2n) is 6.25. The van der Waals surface area contributed by atoms with Crippen molar-refractivity contribution in [1.29, 1.82) is 0 Å². The topological polar surface area (TPSA) is 58.6 Å². The van der Waals surface area contributed by atoms with Gasteiger partial charge in [0, 0.05) is 26.1 Å². The third kappa shape index (κ3) is 2.97. The molecule has 1 N–H and O–H groups in total. The molecule has 114 valence electrons. The van der Waals surface area contributed by atoms with Gasteiger partial charge in [0.05, 0.1) is 6.10 Å². The number of rotatable bonds is 3. The summed E-state index contributed by atoms with van der Waals surface area (Å²) in [7, 11) is 1.65. The Kier molecular flexibility index (Phi) is 4.68. The van der Waals surface area contributed by atoms with Crippen molar-refractivity contribution in [3.8, 4) is 0 Å². The minimum absolute atomic E-state index is 0.000296. The summed E-state index contributed by atoms with van der Waals surface area (Å²) in [5.41, 5.74) is -0.659. The second-order valence-corrected chi connectivity index (χ2v) is 6.25. The van der Waals surface area contributed by atoms with Crippen LogP contribution in [0.2, 0.25) is 0 Å². The first-order valence-electron chi connectivity index (χ1n) is 7.63. The predicted octanol–water partition coefficient (Wildman–Crippen LogP) is 1.46. The maximum Gasteiger partial charge on any atom is 0.248 e.